The molecule has 0 radical (unpaired) electrons. The number of rotatable bonds is 12. The van der Waals surface area contributed by atoms with Crippen molar-refractivity contribution in [1.29, 1.82) is 0 Å². The number of nitrogens with one attached hydrogen (secondary N) is 1. The number of ether oxygens (including phenoxy) is 1. The second kappa shape index (κ2) is 12.7. The van der Waals surface area contributed by atoms with Gasteiger partial charge in [0.15, 0.2) is 0 Å². The van der Waals surface area contributed by atoms with Crippen molar-refractivity contribution in [3.05, 3.63) is 81.5 Å². The van der Waals surface area contributed by atoms with Crippen LogP contribution < -0.4 is 11.4 Å². The van der Waals surface area contributed by atoms with Gasteiger partial charge in [0.25, 0.3) is 0 Å². The molecular formula is C29H39N5O2. The number of amidine groups is 1. The average molecular weight is 490 g/mol. The maximum Gasteiger partial charge on any atom is 0.326 e. The SMILES string of the molecule is CCCCOCCc1c(C(N)=NC)[nH]c(=O)n1Cc1ccc(-c2ccc(CN3CCCC3)cc2)cc1. The molecule has 36 heavy (non-hydrogen) atoms. The highest BCUT2D eigenvalue weighted by Crippen LogP contribution is 2.22. The number of imidazole rings is 1. The van der Waals surface area contributed by atoms with Crippen LogP contribution in [0.1, 0.15) is 55.1 Å². The zero-order valence-electron chi connectivity index (χ0n) is 21.6. The van der Waals surface area contributed by atoms with E-state index in [1.54, 1.807) is 11.6 Å². The maximum atomic E-state index is 12.8. The molecule has 0 bridgehead atoms. The molecule has 192 valence electrons. The molecule has 1 saturated heterocycles. The Kier molecular flexibility index (Phi) is 9.14. The quantitative estimate of drug-likeness (QED) is 0.227. The normalized spacial score (nSPS) is 14.6. The molecule has 0 saturated carbocycles. The van der Waals surface area contributed by atoms with E-state index in [2.05, 4.69) is 70.3 Å². The third-order valence-corrected chi connectivity index (χ3v) is 6.90. The molecule has 1 aromatic heterocycles. The highest BCUT2D eigenvalue weighted by atomic mass is 16.5. The third kappa shape index (κ3) is 6.53. The summed E-state index contributed by atoms with van der Waals surface area (Å²) < 4.78 is 7.51. The van der Waals surface area contributed by atoms with E-state index in [9.17, 15) is 4.79 Å². The highest BCUT2D eigenvalue weighted by molar-refractivity contribution is 5.96. The number of aliphatic imine (C=N–C) groups is 1. The van der Waals surface area contributed by atoms with Gasteiger partial charge in [0, 0.05) is 26.6 Å². The number of hydrogen-bond acceptors (Lipinski definition) is 4. The van der Waals surface area contributed by atoms with Gasteiger partial charge in [-0.3, -0.25) is 14.5 Å². The first-order valence-corrected chi connectivity index (χ1v) is 13.1. The summed E-state index contributed by atoms with van der Waals surface area (Å²) in [5.41, 5.74) is 12.1. The highest BCUT2D eigenvalue weighted by Gasteiger charge is 2.17. The Morgan fingerprint density at radius 2 is 1.58 bits per heavy atom. The second-order valence-electron chi connectivity index (χ2n) is 9.54. The topological polar surface area (TPSA) is 88.6 Å². The zero-order valence-corrected chi connectivity index (χ0v) is 21.6. The van der Waals surface area contributed by atoms with Crippen LogP contribution in [0.5, 0.6) is 0 Å². The molecule has 0 amide bonds. The van der Waals surface area contributed by atoms with Crippen LogP contribution in [0.25, 0.3) is 11.1 Å². The molecule has 3 N–H and O–H groups in total. The zero-order chi connectivity index (χ0) is 25.3. The number of nitrogens with zero attached hydrogens (tertiary/aromatic N) is 3. The molecule has 0 aliphatic carbocycles. The molecule has 1 fully saturated rings. The van der Waals surface area contributed by atoms with Crippen molar-refractivity contribution >= 4 is 5.84 Å². The average Bonchev–Trinajstić information content (AvgIpc) is 3.52. The number of unbranched alkanes of at least 4 members (excludes halogenated alkanes) is 1. The van der Waals surface area contributed by atoms with E-state index < -0.39 is 0 Å². The van der Waals surface area contributed by atoms with E-state index in [4.69, 9.17) is 10.5 Å². The minimum absolute atomic E-state index is 0.183. The van der Waals surface area contributed by atoms with E-state index in [0.29, 0.717) is 31.1 Å². The lowest BCUT2D eigenvalue weighted by molar-refractivity contribution is 0.133. The molecule has 0 atom stereocenters. The summed E-state index contributed by atoms with van der Waals surface area (Å²) in [6, 6.07) is 17.3. The first-order chi connectivity index (χ1) is 17.6. The number of hydrogen-bond donors (Lipinski definition) is 2. The molecular weight excluding hydrogens is 450 g/mol. The Bertz CT molecular complexity index is 1190. The molecule has 1 aliphatic rings. The molecule has 7 heteroatoms. The van der Waals surface area contributed by atoms with Crippen LogP contribution in [-0.2, 0) is 24.2 Å². The van der Waals surface area contributed by atoms with Gasteiger partial charge in [-0.1, -0.05) is 61.9 Å². The Hall–Kier alpha value is -3.16. The number of aromatic amines is 1. The Labute approximate surface area is 214 Å². The van der Waals surface area contributed by atoms with Crippen molar-refractivity contribution < 1.29 is 4.74 Å². The first-order valence-electron chi connectivity index (χ1n) is 13.1. The van der Waals surface area contributed by atoms with Gasteiger partial charge in [-0.2, -0.15) is 0 Å². The monoisotopic (exact) mass is 489 g/mol. The van der Waals surface area contributed by atoms with Crippen molar-refractivity contribution in [2.75, 3.05) is 33.4 Å². The molecule has 3 aromatic rings. The number of nitrogens with two attached hydrogens (primary N) is 1. The predicted molar refractivity (Wildman–Crippen MR) is 147 cm³/mol. The van der Waals surface area contributed by atoms with Crippen LogP contribution in [0.3, 0.4) is 0 Å². The van der Waals surface area contributed by atoms with E-state index in [1.165, 1.54) is 42.6 Å². The fraction of sp³-hybridized carbons (Fsp3) is 0.448. The molecule has 0 spiro atoms. The number of H-pyrrole nitrogens is 1. The lowest BCUT2D eigenvalue weighted by atomic mass is 10.0. The predicted octanol–water partition coefficient (Wildman–Crippen LogP) is 4.18. The van der Waals surface area contributed by atoms with Crippen LogP contribution >= 0.6 is 0 Å². The molecule has 1 aliphatic heterocycles. The molecule has 7 nitrogen and oxygen atoms in total. The molecule has 2 aromatic carbocycles. The Morgan fingerprint density at radius 3 is 2.17 bits per heavy atom. The van der Waals surface area contributed by atoms with Gasteiger partial charge in [0.2, 0.25) is 0 Å². The maximum absolute atomic E-state index is 12.8. The van der Waals surface area contributed by atoms with Gasteiger partial charge in [-0.05, 0) is 54.6 Å². The summed E-state index contributed by atoms with van der Waals surface area (Å²) in [6.07, 6.45) is 5.34. The van der Waals surface area contributed by atoms with Gasteiger partial charge >= 0.3 is 5.69 Å². The lowest BCUT2D eigenvalue weighted by Gasteiger charge is -2.14. The van der Waals surface area contributed by atoms with Gasteiger partial charge < -0.3 is 15.5 Å². The van der Waals surface area contributed by atoms with Crippen molar-refractivity contribution in [1.82, 2.24) is 14.5 Å². The number of aromatic nitrogens is 2. The fourth-order valence-corrected chi connectivity index (χ4v) is 4.76. The van der Waals surface area contributed by atoms with E-state index in [-0.39, 0.29) is 5.69 Å². The second-order valence-corrected chi connectivity index (χ2v) is 9.54. The largest absolute Gasteiger partial charge is 0.382 e. The summed E-state index contributed by atoms with van der Waals surface area (Å²) >= 11 is 0. The van der Waals surface area contributed by atoms with Crippen LogP contribution in [0.2, 0.25) is 0 Å². The Balaban J connectivity index is 1.46. The Morgan fingerprint density at radius 1 is 0.972 bits per heavy atom. The summed E-state index contributed by atoms with van der Waals surface area (Å²) in [5, 5.41) is 0. The van der Waals surface area contributed by atoms with Crippen LogP contribution in [-0.4, -0.2) is 53.6 Å². The van der Waals surface area contributed by atoms with Crippen molar-refractivity contribution in [2.45, 2.75) is 52.1 Å². The molecule has 2 heterocycles. The smallest absolute Gasteiger partial charge is 0.326 e. The minimum Gasteiger partial charge on any atom is -0.382 e. The van der Waals surface area contributed by atoms with Gasteiger partial charge in [0.1, 0.15) is 11.5 Å². The minimum atomic E-state index is -0.183. The molecule has 4 rings (SSSR count). The van der Waals surface area contributed by atoms with E-state index in [1.807, 2.05) is 0 Å². The summed E-state index contributed by atoms with van der Waals surface area (Å²) in [6.45, 7) is 7.31. The summed E-state index contributed by atoms with van der Waals surface area (Å²) in [7, 11) is 1.63. The van der Waals surface area contributed by atoms with Gasteiger partial charge in [-0.25, -0.2) is 4.79 Å². The number of likely N-dealkylation sites (tertiary alicyclic amines) is 1. The van der Waals surface area contributed by atoms with Crippen LogP contribution in [0, 0.1) is 0 Å². The van der Waals surface area contributed by atoms with Crippen LogP contribution in [0.4, 0.5) is 0 Å². The lowest BCUT2D eigenvalue weighted by Crippen LogP contribution is -2.20. The van der Waals surface area contributed by atoms with E-state index >= 15 is 0 Å². The fourth-order valence-electron chi connectivity index (χ4n) is 4.76. The number of benzene rings is 2. The van der Waals surface area contributed by atoms with Crippen molar-refractivity contribution in [3.8, 4) is 11.1 Å². The van der Waals surface area contributed by atoms with E-state index in [0.717, 1.165) is 37.3 Å². The first kappa shape index (κ1) is 25.9. The summed E-state index contributed by atoms with van der Waals surface area (Å²) in [5.74, 6) is 0.331. The van der Waals surface area contributed by atoms with Gasteiger partial charge in [-0.15, -0.1) is 0 Å². The van der Waals surface area contributed by atoms with Crippen LogP contribution in [0.15, 0.2) is 58.3 Å². The standard InChI is InChI=1S/C29H39N5O2/c1-3-4-18-36-19-15-26-27(28(30)31-2)32-29(35)34(26)21-23-9-13-25(14-10-23)24-11-7-22(8-12-24)20-33-16-5-6-17-33/h7-14H,3-6,15-21H2,1-2H3,(H2,30,31)(H,32,35). The third-order valence-electron chi connectivity index (χ3n) is 6.90. The van der Waals surface area contributed by atoms with Crippen molar-refractivity contribution in [3.63, 3.8) is 0 Å². The molecule has 0 unspecified atom stereocenters. The summed E-state index contributed by atoms with van der Waals surface area (Å²) in [4.78, 5) is 22.3. The van der Waals surface area contributed by atoms with Crippen molar-refractivity contribution in [2.24, 2.45) is 10.7 Å². The van der Waals surface area contributed by atoms with Gasteiger partial charge in [0.05, 0.1) is 18.8 Å².